The fraction of sp³-hybridized carbons (Fsp3) is 0.500. The minimum Gasteiger partial charge on any atom is -0.481 e. The molecule has 0 bridgehead atoms. The van der Waals surface area contributed by atoms with Gasteiger partial charge < -0.3 is 20.4 Å². The van der Waals surface area contributed by atoms with Crippen LogP contribution in [0.2, 0.25) is 0 Å². The van der Waals surface area contributed by atoms with Crippen molar-refractivity contribution in [1.29, 1.82) is 0 Å². The molecule has 24 heavy (non-hydrogen) atoms. The van der Waals surface area contributed by atoms with Crippen molar-refractivity contribution in [2.75, 3.05) is 0 Å². The lowest BCUT2D eigenvalue weighted by Gasteiger charge is -1.89. The molecule has 0 saturated heterocycles. The van der Waals surface area contributed by atoms with Crippen molar-refractivity contribution in [3.05, 3.63) is 24.3 Å². The minimum atomic E-state index is -0.871. The Morgan fingerprint density at radius 3 is 1.12 bits per heavy atom. The van der Waals surface area contributed by atoms with Crippen molar-refractivity contribution in [2.24, 2.45) is 0 Å². The van der Waals surface area contributed by atoms with Crippen molar-refractivity contribution >= 4 is 23.9 Å². The Labute approximate surface area is 140 Å². The first-order chi connectivity index (χ1) is 11.3. The second-order valence-electron chi connectivity index (χ2n) is 4.71. The summed E-state index contributed by atoms with van der Waals surface area (Å²) in [6.07, 6.45) is 9.10. The zero-order chi connectivity index (χ0) is 18.8. The molecule has 0 saturated carbocycles. The monoisotopic (exact) mass is 344 g/mol. The number of carboxylic acids is 4. The number of carboxylic acid groups (broad SMARTS) is 4. The van der Waals surface area contributed by atoms with Crippen LogP contribution in [0.15, 0.2) is 24.3 Å². The van der Waals surface area contributed by atoms with Gasteiger partial charge in [0.05, 0.1) is 12.8 Å². The van der Waals surface area contributed by atoms with Crippen LogP contribution in [0.25, 0.3) is 0 Å². The topological polar surface area (TPSA) is 149 Å². The van der Waals surface area contributed by atoms with Crippen LogP contribution in [0.4, 0.5) is 0 Å². The van der Waals surface area contributed by atoms with E-state index in [-0.39, 0.29) is 25.7 Å². The second kappa shape index (κ2) is 16.7. The number of carbonyl (C=O) groups is 4. The van der Waals surface area contributed by atoms with Crippen molar-refractivity contribution in [2.45, 2.75) is 51.4 Å². The maximum atomic E-state index is 10.0. The number of hydrogen-bond acceptors (Lipinski definition) is 4. The van der Waals surface area contributed by atoms with E-state index in [1.807, 2.05) is 0 Å². The molecule has 0 aromatic carbocycles. The molecule has 8 nitrogen and oxygen atoms in total. The summed E-state index contributed by atoms with van der Waals surface area (Å²) in [6.45, 7) is 0. The van der Waals surface area contributed by atoms with Crippen molar-refractivity contribution in [3.63, 3.8) is 0 Å². The van der Waals surface area contributed by atoms with Gasteiger partial charge in [-0.2, -0.15) is 0 Å². The molecule has 0 aromatic rings. The molecule has 4 N–H and O–H groups in total. The SMILES string of the molecule is O=C(O)CC=CCCCC(=O)O.O=C(O)CC=CCCCC(=O)O. The zero-order valence-corrected chi connectivity index (χ0v) is 13.4. The molecule has 0 aromatic heterocycles. The smallest absolute Gasteiger partial charge is 0.307 e. The third kappa shape index (κ3) is 27.7. The molecule has 0 radical (unpaired) electrons. The van der Waals surface area contributed by atoms with Gasteiger partial charge in [-0.3, -0.25) is 19.2 Å². The number of aliphatic carboxylic acids is 4. The van der Waals surface area contributed by atoms with Crippen LogP contribution >= 0.6 is 0 Å². The van der Waals surface area contributed by atoms with E-state index >= 15 is 0 Å². The summed E-state index contributed by atoms with van der Waals surface area (Å²) >= 11 is 0. The molecule has 0 spiro atoms. The molecular formula is C16H24O8. The lowest BCUT2D eigenvalue weighted by Crippen LogP contribution is -1.93. The summed E-state index contributed by atoms with van der Waals surface area (Å²) in [7, 11) is 0. The number of allylic oxidation sites excluding steroid dienone is 2. The maximum Gasteiger partial charge on any atom is 0.307 e. The van der Waals surface area contributed by atoms with Gasteiger partial charge in [0.25, 0.3) is 0 Å². The zero-order valence-electron chi connectivity index (χ0n) is 13.4. The number of unbranched alkanes of at least 4 members (excludes halogenated alkanes) is 2. The highest BCUT2D eigenvalue weighted by Gasteiger charge is 1.94. The molecule has 0 amide bonds. The quantitative estimate of drug-likeness (QED) is 0.311. The Morgan fingerprint density at radius 1 is 0.542 bits per heavy atom. The van der Waals surface area contributed by atoms with Crippen LogP contribution in [-0.2, 0) is 19.2 Å². The van der Waals surface area contributed by atoms with Crippen LogP contribution < -0.4 is 0 Å². The largest absolute Gasteiger partial charge is 0.481 e. The van der Waals surface area contributed by atoms with Crippen LogP contribution in [0.3, 0.4) is 0 Å². The fourth-order valence-electron chi connectivity index (χ4n) is 1.35. The molecule has 0 aliphatic heterocycles. The third-order valence-corrected chi connectivity index (χ3v) is 2.44. The average Bonchev–Trinajstić information content (AvgIpc) is 2.46. The van der Waals surface area contributed by atoms with Crippen LogP contribution in [0.1, 0.15) is 51.4 Å². The van der Waals surface area contributed by atoms with E-state index in [4.69, 9.17) is 20.4 Å². The highest BCUT2D eigenvalue weighted by atomic mass is 16.4. The lowest BCUT2D eigenvalue weighted by atomic mass is 10.2. The van der Waals surface area contributed by atoms with Crippen LogP contribution in [-0.4, -0.2) is 44.3 Å². The molecule has 8 heteroatoms. The Balaban J connectivity index is 0. The molecule has 0 rings (SSSR count). The number of hydrogen-bond donors (Lipinski definition) is 4. The van der Waals surface area contributed by atoms with Gasteiger partial charge in [-0.1, -0.05) is 24.3 Å². The van der Waals surface area contributed by atoms with Gasteiger partial charge in [-0.05, 0) is 25.7 Å². The summed E-state index contributed by atoms with van der Waals surface area (Å²) in [5.74, 6) is -3.38. The summed E-state index contributed by atoms with van der Waals surface area (Å²) < 4.78 is 0. The Hall–Kier alpha value is -2.64. The van der Waals surface area contributed by atoms with Crippen LogP contribution in [0, 0.1) is 0 Å². The number of rotatable bonds is 12. The van der Waals surface area contributed by atoms with E-state index in [2.05, 4.69) is 0 Å². The summed E-state index contributed by atoms with van der Waals surface area (Å²) in [5.41, 5.74) is 0. The molecular weight excluding hydrogens is 320 g/mol. The minimum absolute atomic E-state index is 0.00702. The van der Waals surface area contributed by atoms with Crippen molar-refractivity contribution < 1.29 is 39.6 Å². The average molecular weight is 344 g/mol. The Morgan fingerprint density at radius 2 is 0.875 bits per heavy atom. The summed E-state index contributed by atoms with van der Waals surface area (Å²) in [6, 6.07) is 0. The molecule has 0 unspecified atom stereocenters. The van der Waals surface area contributed by atoms with E-state index in [1.54, 1.807) is 12.2 Å². The van der Waals surface area contributed by atoms with Crippen molar-refractivity contribution in [1.82, 2.24) is 0 Å². The van der Waals surface area contributed by atoms with Gasteiger partial charge >= 0.3 is 23.9 Å². The van der Waals surface area contributed by atoms with Gasteiger partial charge in [0.2, 0.25) is 0 Å². The van der Waals surface area contributed by atoms with Gasteiger partial charge in [-0.15, -0.1) is 0 Å². The maximum absolute atomic E-state index is 10.0. The molecule has 0 aliphatic carbocycles. The standard InChI is InChI=1S/2C8H12O4/c2*9-7(10)5-3-1-2-4-6-8(11)12/h2*1,3H,2,4-6H2,(H,9,10)(H,11,12). The highest BCUT2D eigenvalue weighted by molar-refractivity contribution is 5.69. The first-order valence-electron chi connectivity index (χ1n) is 7.42. The van der Waals surface area contributed by atoms with Gasteiger partial charge in [0.1, 0.15) is 0 Å². The highest BCUT2D eigenvalue weighted by Crippen LogP contribution is 1.98. The van der Waals surface area contributed by atoms with Gasteiger partial charge in [0.15, 0.2) is 0 Å². The Kier molecular flexibility index (Phi) is 16.5. The van der Waals surface area contributed by atoms with E-state index in [9.17, 15) is 19.2 Å². The summed E-state index contributed by atoms with van der Waals surface area (Å²) in [4.78, 5) is 40.0. The van der Waals surface area contributed by atoms with Gasteiger partial charge in [0, 0.05) is 12.8 Å². The van der Waals surface area contributed by atoms with Crippen molar-refractivity contribution in [3.8, 4) is 0 Å². The summed E-state index contributed by atoms with van der Waals surface area (Å²) in [5, 5.41) is 32.9. The molecule has 0 heterocycles. The van der Waals surface area contributed by atoms with E-state index in [0.717, 1.165) is 0 Å². The predicted octanol–water partition coefficient (Wildman–Crippen LogP) is 2.54. The Bertz CT molecular complexity index is 409. The molecule has 0 aliphatic rings. The van der Waals surface area contributed by atoms with E-state index in [0.29, 0.717) is 25.7 Å². The van der Waals surface area contributed by atoms with E-state index in [1.165, 1.54) is 12.2 Å². The van der Waals surface area contributed by atoms with Gasteiger partial charge in [-0.25, -0.2) is 0 Å². The molecule has 0 fully saturated rings. The van der Waals surface area contributed by atoms with Crippen LogP contribution in [0.5, 0.6) is 0 Å². The van der Waals surface area contributed by atoms with E-state index < -0.39 is 23.9 Å². The normalized spacial score (nSPS) is 10.3. The first kappa shape index (κ1) is 23.6. The fourth-order valence-corrected chi connectivity index (χ4v) is 1.35. The lowest BCUT2D eigenvalue weighted by molar-refractivity contribution is -0.138. The predicted molar refractivity (Wildman–Crippen MR) is 85.8 cm³/mol. The first-order valence-corrected chi connectivity index (χ1v) is 7.42. The second-order valence-corrected chi connectivity index (χ2v) is 4.71. The molecule has 0 atom stereocenters. The molecule has 136 valence electrons. The third-order valence-electron chi connectivity index (χ3n) is 2.44.